The molecule has 1 atom stereocenters. The molecule has 0 bridgehead atoms. The van der Waals surface area contributed by atoms with Crippen molar-refractivity contribution >= 4 is 12.5 Å². The molecule has 166 valence electrons. The van der Waals surface area contributed by atoms with Gasteiger partial charge in [-0.1, -0.05) is 24.3 Å². The Hall–Kier alpha value is -3.94. The molecular weight excluding hydrogens is 408 g/mol. The predicted molar refractivity (Wildman–Crippen MR) is 121 cm³/mol. The second-order valence-electron chi connectivity index (χ2n) is 7.56. The van der Waals surface area contributed by atoms with Crippen LogP contribution < -0.4 is 10.5 Å². The Balaban J connectivity index is 0.000000913. The lowest BCUT2D eigenvalue weighted by Gasteiger charge is -2.27. The van der Waals surface area contributed by atoms with Gasteiger partial charge in [0.2, 0.25) is 0 Å². The van der Waals surface area contributed by atoms with E-state index in [9.17, 15) is 0 Å². The van der Waals surface area contributed by atoms with Crippen LogP contribution in [0.3, 0.4) is 0 Å². The number of aryl methyl sites for hydroxylation is 1. The molecule has 2 aromatic carbocycles. The van der Waals surface area contributed by atoms with Crippen molar-refractivity contribution in [2.75, 3.05) is 6.61 Å². The van der Waals surface area contributed by atoms with Gasteiger partial charge in [-0.15, -0.1) is 0 Å². The van der Waals surface area contributed by atoms with Gasteiger partial charge >= 0.3 is 0 Å². The van der Waals surface area contributed by atoms with Gasteiger partial charge in [0.05, 0.1) is 6.10 Å². The van der Waals surface area contributed by atoms with Crippen LogP contribution in [-0.2, 0) is 15.1 Å². The van der Waals surface area contributed by atoms with Crippen LogP contribution in [0.1, 0.15) is 30.5 Å². The molecule has 8 heteroatoms. The van der Waals surface area contributed by atoms with Gasteiger partial charge in [0.15, 0.2) is 5.54 Å². The summed E-state index contributed by atoms with van der Waals surface area (Å²) in [5.41, 5.74) is 10.2. The Kier molecular flexibility index (Phi) is 7.04. The standard InChI is InChI=1S/C23H24N4O2.CH2O2/c1-15(2)29-21-8-7-20(9-16(21)3)23(13-28-22(24)27-23)19-6-4-5-17(10-19)18-11-25-14-26-12-18;2-1-3/h4-12,14-15H,13H2,1-3H3,(H2,24,27);1H,(H,2,3). The molecule has 1 aliphatic heterocycles. The number of nitrogens with two attached hydrogens (primary N) is 1. The molecule has 4 rings (SSSR count). The molecule has 3 aromatic rings. The number of carboxylic acid groups (broad SMARTS) is 1. The van der Waals surface area contributed by atoms with Gasteiger partial charge in [0, 0.05) is 18.0 Å². The van der Waals surface area contributed by atoms with Crippen LogP contribution in [0.2, 0.25) is 0 Å². The molecule has 0 fully saturated rings. The highest BCUT2D eigenvalue weighted by atomic mass is 16.5. The van der Waals surface area contributed by atoms with Crippen LogP contribution in [-0.4, -0.2) is 40.3 Å². The Morgan fingerprint density at radius 2 is 1.81 bits per heavy atom. The molecule has 0 amide bonds. The highest BCUT2D eigenvalue weighted by molar-refractivity contribution is 5.76. The molecule has 1 aromatic heterocycles. The summed E-state index contributed by atoms with van der Waals surface area (Å²) in [5.74, 6) is 0.866. The zero-order valence-corrected chi connectivity index (χ0v) is 18.2. The minimum atomic E-state index is -0.711. The van der Waals surface area contributed by atoms with Crippen molar-refractivity contribution in [3.63, 3.8) is 0 Å². The first-order valence-corrected chi connectivity index (χ1v) is 10.1. The maximum absolute atomic E-state index is 8.36. The normalized spacial score (nSPS) is 17.1. The van der Waals surface area contributed by atoms with E-state index >= 15 is 0 Å². The fourth-order valence-electron chi connectivity index (χ4n) is 3.59. The van der Waals surface area contributed by atoms with E-state index in [0.29, 0.717) is 6.61 Å². The molecule has 0 saturated heterocycles. The average molecular weight is 434 g/mol. The second kappa shape index (κ2) is 9.91. The Labute approximate surface area is 186 Å². The average Bonchev–Trinajstić information content (AvgIpc) is 3.19. The lowest BCUT2D eigenvalue weighted by molar-refractivity contribution is -0.122. The summed E-state index contributed by atoms with van der Waals surface area (Å²) in [4.78, 5) is 21.3. The van der Waals surface area contributed by atoms with Crippen LogP contribution in [0.5, 0.6) is 5.75 Å². The van der Waals surface area contributed by atoms with E-state index in [1.807, 2.05) is 51.1 Å². The number of nitrogens with zero attached hydrogens (tertiary/aromatic N) is 3. The van der Waals surface area contributed by atoms with Crippen LogP contribution >= 0.6 is 0 Å². The number of aliphatic imine (C=N–C) groups is 1. The first kappa shape index (κ1) is 22.7. The van der Waals surface area contributed by atoms with Crippen molar-refractivity contribution in [2.24, 2.45) is 10.7 Å². The van der Waals surface area contributed by atoms with Crippen molar-refractivity contribution < 1.29 is 19.4 Å². The summed E-state index contributed by atoms with van der Waals surface area (Å²) in [6.07, 6.45) is 5.23. The summed E-state index contributed by atoms with van der Waals surface area (Å²) >= 11 is 0. The van der Waals surface area contributed by atoms with Gasteiger partial charge in [-0.05, 0) is 61.2 Å². The minimum absolute atomic E-state index is 0.113. The molecule has 0 radical (unpaired) electrons. The van der Waals surface area contributed by atoms with E-state index in [1.165, 1.54) is 6.33 Å². The first-order chi connectivity index (χ1) is 15.4. The highest BCUT2D eigenvalue weighted by Crippen LogP contribution is 2.40. The number of hydrogen-bond donors (Lipinski definition) is 2. The minimum Gasteiger partial charge on any atom is -0.491 e. The Morgan fingerprint density at radius 3 is 2.41 bits per heavy atom. The third-order valence-corrected chi connectivity index (χ3v) is 4.98. The fraction of sp³-hybridized carbons (Fsp3) is 0.250. The van der Waals surface area contributed by atoms with Crippen LogP contribution in [0, 0.1) is 6.92 Å². The first-order valence-electron chi connectivity index (χ1n) is 10.1. The second-order valence-corrected chi connectivity index (χ2v) is 7.56. The number of benzene rings is 2. The number of hydrogen-bond acceptors (Lipinski definition) is 7. The zero-order chi connectivity index (χ0) is 23.1. The zero-order valence-electron chi connectivity index (χ0n) is 18.2. The molecule has 0 spiro atoms. The van der Waals surface area contributed by atoms with Gasteiger partial charge in [0.1, 0.15) is 18.7 Å². The van der Waals surface area contributed by atoms with E-state index in [1.54, 1.807) is 12.4 Å². The summed E-state index contributed by atoms with van der Waals surface area (Å²) < 4.78 is 11.5. The fourth-order valence-corrected chi connectivity index (χ4v) is 3.59. The lowest BCUT2D eigenvalue weighted by Crippen LogP contribution is -2.27. The summed E-state index contributed by atoms with van der Waals surface area (Å²) in [6.45, 7) is 6.17. The molecule has 3 N–H and O–H groups in total. The molecule has 1 unspecified atom stereocenters. The van der Waals surface area contributed by atoms with Crippen molar-refractivity contribution in [2.45, 2.75) is 32.4 Å². The van der Waals surface area contributed by atoms with Gasteiger partial charge in [-0.3, -0.25) is 4.79 Å². The van der Waals surface area contributed by atoms with Crippen molar-refractivity contribution in [1.29, 1.82) is 0 Å². The monoisotopic (exact) mass is 434 g/mol. The number of carbonyl (C=O) groups is 1. The van der Waals surface area contributed by atoms with Gasteiger partial charge in [0.25, 0.3) is 12.5 Å². The SMILES string of the molecule is Cc1cc(C2(c3cccc(-c4cncnc4)c3)COC(N)=N2)ccc1OC(C)C.O=CO. The molecule has 0 aliphatic carbocycles. The lowest BCUT2D eigenvalue weighted by atomic mass is 9.82. The molecule has 8 nitrogen and oxygen atoms in total. The van der Waals surface area contributed by atoms with Crippen LogP contribution in [0.15, 0.2) is 66.2 Å². The van der Waals surface area contributed by atoms with E-state index in [4.69, 9.17) is 30.1 Å². The molecule has 2 heterocycles. The van der Waals surface area contributed by atoms with Crippen molar-refractivity contribution in [3.8, 4) is 16.9 Å². The number of ether oxygens (including phenoxy) is 2. The molecular formula is C24H26N4O4. The van der Waals surface area contributed by atoms with Crippen molar-refractivity contribution in [3.05, 3.63) is 77.9 Å². The molecule has 32 heavy (non-hydrogen) atoms. The van der Waals surface area contributed by atoms with E-state index in [2.05, 4.69) is 22.1 Å². The largest absolute Gasteiger partial charge is 0.491 e. The Morgan fingerprint density at radius 1 is 1.12 bits per heavy atom. The van der Waals surface area contributed by atoms with Gasteiger partial charge in [-0.25, -0.2) is 15.0 Å². The smallest absolute Gasteiger partial charge is 0.290 e. The third-order valence-electron chi connectivity index (χ3n) is 4.98. The topological polar surface area (TPSA) is 120 Å². The summed E-state index contributed by atoms with van der Waals surface area (Å²) in [5, 5.41) is 6.89. The maximum Gasteiger partial charge on any atom is 0.290 e. The number of aromatic nitrogens is 2. The molecule has 0 saturated carbocycles. The Bertz CT molecular complexity index is 1100. The van der Waals surface area contributed by atoms with E-state index in [-0.39, 0.29) is 18.6 Å². The quantitative estimate of drug-likeness (QED) is 0.590. The number of amidine groups is 1. The van der Waals surface area contributed by atoms with Crippen molar-refractivity contribution in [1.82, 2.24) is 9.97 Å². The van der Waals surface area contributed by atoms with Crippen LogP contribution in [0.4, 0.5) is 0 Å². The van der Waals surface area contributed by atoms with Gasteiger partial charge in [-0.2, -0.15) is 0 Å². The third kappa shape index (κ3) is 4.85. The highest BCUT2D eigenvalue weighted by Gasteiger charge is 2.40. The predicted octanol–water partition coefficient (Wildman–Crippen LogP) is 3.53. The summed E-state index contributed by atoms with van der Waals surface area (Å²) in [6, 6.07) is 14.5. The number of rotatable bonds is 5. The van der Waals surface area contributed by atoms with Crippen LogP contribution in [0.25, 0.3) is 11.1 Å². The van der Waals surface area contributed by atoms with E-state index in [0.717, 1.165) is 33.6 Å². The van der Waals surface area contributed by atoms with Gasteiger partial charge < -0.3 is 20.3 Å². The van der Waals surface area contributed by atoms with E-state index < -0.39 is 5.54 Å². The summed E-state index contributed by atoms with van der Waals surface area (Å²) in [7, 11) is 0. The molecule has 1 aliphatic rings. The maximum atomic E-state index is 8.36.